The number of carbonyl (C=O) groups excluding carboxylic acids is 1. The Kier molecular flexibility index (Phi) is 4.44. The van der Waals surface area contributed by atoms with E-state index in [4.69, 9.17) is 5.73 Å². The molecular formula is C14H20FN3O2. The molecule has 1 aliphatic rings. The molecule has 1 saturated heterocycles. The number of piperazine rings is 1. The minimum Gasteiger partial charge on any atom is -0.465 e. The van der Waals surface area contributed by atoms with Crippen LogP contribution < -0.4 is 10.6 Å². The van der Waals surface area contributed by atoms with Gasteiger partial charge in [0.25, 0.3) is 0 Å². The van der Waals surface area contributed by atoms with Crippen molar-refractivity contribution in [2.75, 3.05) is 50.5 Å². The number of nitrogens with zero attached hydrogens (tertiary/aromatic N) is 2. The maximum atomic E-state index is 14.1. The molecule has 1 aliphatic heterocycles. The van der Waals surface area contributed by atoms with Crippen LogP contribution in [0.25, 0.3) is 0 Å². The Bertz CT molecular complexity index is 499. The predicted molar refractivity (Wildman–Crippen MR) is 76.5 cm³/mol. The van der Waals surface area contributed by atoms with Gasteiger partial charge in [-0.15, -0.1) is 0 Å². The summed E-state index contributed by atoms with van der Waals surface area (Å²) in [6.45, 7) is 6.33. The molecule has 0 atom stereocenters. The molecule has 20 heavy (non-hydrogen) atoms. The molecule has 1 aromatic carbocycles. The van der Waals surface area contributed by atoms with E-state index in [1.54, 1.807) is 0 Å². The highest BCUT2D eigenvalue weighted by molar-refractivity contribution is 5.96. The Morgan fingerprint density at radius 1 is 1.35 bits per heavy atom. The fourth-order valence-corrected chi connectivity index (χ4v) is 2.41. The van der Waals surface area contributed by atoms with E-state index < -0.39 is 11.8 Å². The lowest BCUT2D eigenvalue weighted by molar-refractivity contribution is 0.0602. The van der Waals surface area contributed by atoms with Crippen molar-refractivity contribution in [3.63, 3.8) is 0 Å². The second kappa shape index (κ2) is 6.09. The van der Waals surface area contributed by atoms with E-state index in [1.807, 2.05) is 4.90 Å². The number of halogens is 1. The summed E-state index contributed by atoms with van der Waals surface area (Å²) in [6, 6.07) is 2.67. The Hall–Kier alpha value is -1.82. The number of anilines is 2. The van der Waals surface area contributed by atoms with Gasteiger partial charge in [-0.3, -0.25) is 0 Å². The van der Waals surface area contributed by atoms with Crippen molar-refractivity contribution in [3.8, 4) is 0 Å². The Labute approximate surface area is 118 Å². The first kappa shape index (κ1) is 14.6. The SMILES string of the molecule is CCN1CCN(c2cc(C(=O)OC)c(N)cc2F)CC1. The van der Waals surface area contributed by atoms with Gasteiger partial charge in [0, 0.05) is 31.9 Å². The molecule has 0 aliphatic carbocycles. The molecule has 5 nitrogen and oxygen atoms in total. The topological polar surface area (TPSA) is 58.8 Å². The van der Waals surface area contributed by atoms with Crippen molar-refractivity contribution in [2.45, 2.75) is 6.92 Å². The van der Waals surface area contributed by atoms with E-state index in [0.717, 1.165) is 32.7 Å². The lowest BCUT2D eigenvalue weighted by atomic mass is 10.1. The maximum absolute atomic E-state index is 14.1. The number of hydrogen-bond donors (Lipinski definition) is 1. The molecule has 0 bridgehead atoms. The summed E-state index contributed by atoms with van der Waals surface area (Å²) in [5.41, 5.74) is 6.40. The molecule has 2 rings (SSSR count). The number of nitrogen functional groups attached to an aromatic ring is 1. The molecule has 2 N–H and O–H groups in total. The number of likely N-dealkylation sites (N-methyl/N-ethyl adjacent to an activating group) is 1. The first-order valence-electron chi connectivity index (χ1n) is 6.71. The summed E-state index contributed by atoms with van der Waals surface area (Å²) < 4.78 is 18.7. The minimum absolute atomic E-state index is 0.102. The highest BCUT2D eigenvalue weighted by atomic mass is 19.1. The zero-order chi connectivity index (χ0) is 14.7. The van der Waals surface area contributed by atoms with Crippen LogP contribution in [-0.2, 0) is 4.74 Å². The van der Waals surface area contributed by atoms with Crippen molar-refractivity contribution < 1.29 is 13.9 Å². The third-order valence-electron chi connectivity index (χ3n) is 3.68. The van der Waals surface area contributed by atoms with E-state index in [1.165, 1.54) is 19.2 Å². The van der Waals surface area contributed by atoms with Crippen LogP contribution in [0.5, 0.6) is 0 Å². The van der Waals surface area contributed by atoms with Crippen LogP contribution in [0.3, 0.4) is 0 Å². The van der Waals surface area contributed by atoms with Crippen molar-refractivity contribution >= 4 is 17.3 Å². The fraction of sp³-hybridized carbons (Fsp3) is 0.500. The normalized spacial score (nSPS) is 16.2. The second-order valence-corrected chi connectivity index (χ2v) is 4.80. The van der Waals surface area contributed by atoms with Gasteiger partial charge >= 0.3 is 5.97 Å². The van der Waals surface area contributed by atoms with Gasteiger partial charge in [-0.05, 0) is 18.7 Å². The van der Waals surface area contributed by atoms with Gasteiger partial charge in [-0.25, -0.2) is 9.18 Å². The summed E-state index contributed by atoms with van der Waals surface area (Å²) >= 11 is 0. The van der Waals surface area contributed by atoms with Crippen LogP contribution in [0, 0.1) is 5.82 Å². The van der Waals surface area contributed by atoms with Crippen LogP contribution in [0.1, 0.15) is 17.3 Å². The molecule has 0 aromatic heterocycles. The van der Waals surface area contributed by atoms with E-state index in [0.29, 0.717) is 5.69 Å². The summed E-state index contributed by atoms with van der Waals surface area (Å²) in [6.07, 6.45) is 0. The molecule has 0 amide bonds. The van der Waals surface area contributed by atoms with Gasteiger partial charge in [0.2, 0.25) is 0 Å². The number of nitrogens with two attached hydrogens (primary N) is 1. The summed E-state index contributed by atoms with van der Waals surface area (Å²) in [5, 5.41) is 0. The second-order valence-electron chi connectivity index (χ2n) is 4.80. The first-order chi connectivity index (χ1) is 9.56. The van der Waals surface area contributed by atoms with Gasteiger partial charge in [-0.2, -0.15) is 0 Å². The smallest absolute Gasteiger partial charge is 0.340 e. The lowest BCUT2D eigenvalue weighted by Crippen LogP contribution is -2.46. The van der Waals surface area contributed by atoms with Gasteiger partial charge in [0.05, 0.1) is 18.4 Å². The van der Waals surface area contributed by atoms with Crippen molar-refractivity contribution in [1.82, 2.24) is 4.90 Å². The quantitative estimate of drug-likeness (QED) is 0.669. The number of hydrogen-bond acceptors (Lipinski definition) is 5. The van der Waals surface area contributed by atoms with Crippen molar-refractivity contribution in [1.29, 1.82) is 0 Å². The molecule has 1 fully saturated rings. The predicted octanol–water partition coefficient (Wildman–Crippen LogP) is 1.34. The molecule has 0 unspecified atom stereocenters. The van der Waals surface area contributed by atoms with Gasteiger partial charge < -0.3 is 20.3 Å². The van der Waals surface area contributed by atoms with Gasteiger partial charge in [0.1, 0.15) is 5.82 Å². The minimum atomic E-state index is -0.545. The van der Waals surface area contributed by atoms with E-state index in [9.17, 15) is 9.18 Å². The van der Waals surface area contributed by atoms with Gasteiger partial charge in [0.15, 0.2) is 0 Å². The number of esters is 1. The summed E-state index contributed by atoms with van der Waals surface area (Å²) in [4.78, 5) is 15.9. The summed E-state index contributed by atoms with van der Waals surface area (Å²) in [7, 11) is 1.28. The lowest BCUT2D eigenvalue weighted by Gasteiger charge is -2.35. The highest BCUT2D eigenvalue weighted by Crippen LogP contribution is 2.27. The molecule has 1 heterocycles. The number of methoxy groups -OCH3 is 1. The molecule has 0 saturated carbocycles. The molecular weight excluding hydrogens is 261 g/mol. The number of rotatable bonds is 3. The van der Waals surface area contributed by atoms with Gasteiger partial charge in [-0.1, -0.05) is 6.92 Å². The molecule has 1 aromatic rings. The zero-order valence-electron chi connectivity index (χ0n) is 11.9. The fourth-order valence-electron chi connectivity index (χ4n) is 2.41. The van der Waals surface area contributed by atoms with E-state index in [-0.39, 0.29) is 11.3 Å². The number of ether oxygens (including phenoxy) is 1. The highest BCUT2D eigenvalue weighted by Gasteiger charge is 2.21. The molecule has 0 radical (unpaired) electrons. The standard InChI is InChI=1S/C14H20FN3O2/c1-3-17-4-6-18(7-5-17)13-8-10(14(19)20-2)12(16)9-11(13)15/h8-9H,3-7,16H2,1-2H3. The summed E-state index contributed by atoms with van der Waals surface area (Å²) in [5.74, 6) is -0.948. The van der Waals surface area contributed by atoms with Crippen LogP contribution >= 0.6 is 0 Å². The van der Waals surface area contributed by atoms with Crippen LogP contribution in [0.2, 0.25) is 0 Å². The monoisotopic (exact) mass is 281 g/mol. The zero-order valence-corrected chi connectivity index (χ0v) is 11.9. The molecule has 110 valence electrons. The largest absolute Gasteiger partial charge is 0.465 e. The number of carbonyl (C=O) groups is 1. The van der Waals surface area contributed by atoms with Crippen LogP contribution in [0.4, 0.5) is 15.8 Å². The van der Waals surface area contributed by atoms with E-state index in [2.05, 4.69) is 16.6 Å². The third-order valence-corrected chi connectivity index (χ3v) is 3.68. The average molecular weight is 281 g/mol. The van der Waals surface area contributed by atoms with Crippen molar-refractivity contribution in [3.05, 3.63) is 23.5 Å². The average Bonchev–Trinajstić information content (AvgIpc) is 2.47. The molecule has 6 heteroatoms. The van der Waals surface area contributed by atoms with Crippen LogP contribution in [0.15, 0.2) is 12.1 Å². The Morgan fingerprint density at radius 2 is 2.00 bits per heavy atom. The van der Waals surface area contributed by atoms with E-state index >= 15 is 0 Å². The van der Waals surface area contributed by atoms with Crippen LogP contribution in [-0.4, -0.2) is 50.7 Å². The Balaban J connectivity index is 2.25. The number of benzene rings is 1. The first-order valence-corrected chi connectivity index (χ1v) is 6.71. The third kappa shape index (κ3) is 2.85. The maximum Gasteiger partial charge on any atom is 0.340 e. The Morgan fingerprint density at radius 3 is 2.55 bits per heavy atom. The van der Waals surface area contributed by atoms with Crippen molar-refractivity contribution in [2.24, 2.45) is 0 Å². The molecule has 0 spiro atoms.